The van der Waals surface area contributed by atoms with Crippen LogP contribution in [0.25, 0.3) is 0 Å². The lowest BCUT2D eigenvalue weighted by molar-refractivity contribution is -0.119. The minimum Gasteiger partial charge on any atom is -0.493 e. The number of carbonyl (C=O) groups is 3. The van der Waals surface area contributed by atoms with E-state index in [0.717, 1.165) is 0 Å². The number of furan rings is 1. The van der Waals surface area contributed by atoms with Crippen molar-refractivity contribution in [2.75, 3.05) is 31.5 Å². The summed E-state index contributed by atoms with van der Waals surface area (Å²) in [5, 5.41) is 5.48. The smallest absolute Gasteiger partial charge is 0.340 e. The molecule has 1 heterocycles. The Morgan fingerprint density at radius 1 is 0.939 bits per heavy atom. The number of amides is 2. The van der Waals surface area contributed by atoms with E-state index in [0.29, 0.717) is 0 Å². The van der Waals surface area contributed by atoms with Gasteiger partial charge in [0.25, 0.3) is 11.8 Å². The van der Waals surface area contributed by atoms with E-state index >= 15 is 0 Å². The lowest BCUT2D eigenvalue weighted by atomic mass is 10.1. The first kappa shape index (κ1) is 24.0. The summed E-state index contributed by atoms with van der Waals surface area (Å²) in [6, 6.07) is 10.4. The van der Waals surface area contributed by atoms with Crippen LogP contribution in [0.15, 0.2) is 53.1 Å². The maximum Gasteiger partial charge on any atom is 0.340 e. The van der Waals surface area contributed by atoms with E-state index in [9.17, 15) is 14.4 Å². The van der Waals surface area contributed by atoms with Crippen LogP contribution in [-0.2, 0) is 9.53 Å². The minimum absolute atomic E-state index is 0.0295. The molecular formula is C22H18Cl2N2O7. The number of nitrogens with one attached hydrogen (secondary N) is 2. The molecule has 3 aromatic rings. The van der Waals surface area contributed by atoms with Crippen molar-refractivity contribution in [2.24, 2.45) is 0 Å². The maximum atomic E-state index is 12.8. The van der Waals surface area contributed by atoms with Crippen molar-refractivity contribution in [1.82, 2.24) is 0 Å². The van der Waals surface area contributed by atoms with Crippen molar-refractivity contribution < 1.29 is 33.0 Å². The van der Waals surface area contributed by atoms with Gasteiger partial charge in [0.05, 0.1) is 47.5 Å². The number of ether oxygens (including phenoxy) is 3. The number of anilines is 2. The molecule has 2 N–H and O–H groups in total. The van der Waals surface area contributed by atoms with Gasteiger partial charge in [-0.05, 0) is 24.3 Å². The van der Waals surface area contributed by atoms with Gasteiger partial charge in [0.2, 0.25) is 0 Å². The molecule has 0 spiro atoms. The zero-order chi connectivity index (χ0) is 24.0. The molecule has 2 aromatic carbocycles. The molecule has 33 heavy (non-hydrogen) atoms. The standard InChI is InChI=1S/C22H18Cl2N2O7/c1-30-17-9-12(15(10-18(17)31-2)26-21(28)16-7-4-8-32-16)22(29)33-11-19(27)25-14-6-3-5-13(23)20(14)24/h3-10H,11H2,1-2H3,(H,25,27)(H,26,28). The zero-order valence-corrected chi connectivity index (χ0v) is 19.0. The number of methoxy groups -OCH3 is 2. The highest BCUT2D eigenvalue weighted by Gasteiger charge is 2.22. The molecule has 0 saturated carbocycles. The fraction of sp³-hybridized carbons (Fsp3) is 0.136. The van der Waals surface area contributed by atoms with Gasteiger partial charge in [-0.1, -0.05) is 29.3 Å². The summed E-state index contributed by atoms with van der Waals surface area (Å²) in [4.78, 5) is 37.4. The van der Waals surface area contributed by atoms with E-state index < -0.39 is 24.4 Å². The summed E-state index contributed by atoms with van der Waals surface area (Å²) in [5.74, 6) is -1.63. The van der Waals surface area contributed by atoms with Crippen molar-refractivity contribution >= 4 is 52.4 Å². The van der Waals surface area contributed by atoms with Crippen LogP contribution >= 0.6 is 23.2 Å². The quantitative estimate of drug-likeness (QED) is 0.439. The third kappa shape index (κ3) is 5.76. The van der Waals surface area contributed by atoms with Gasteiger partial charge in [0.15, 0.2) is 23.9 Å². The van der Waals surface area contributed by atoms with Crippen LogP contribution in [-0.4, -0.2) is 38.6 Å². The van der Waals surface area contributed by atoms with Gasteiger partial charge in [0.1, 0.15) is 0 Å². The average Bonchev–Trinajstić information content (AvgIpc) is 3.35. The second-order valence-electron chi connectivity index (χ2n) is 6.41. The lowest BCUT2D eigenvalue weighted by Gasteiger charge is -2.15. The normalized spacial score (nSPS) is 10.3. The van der Waals surface area contributed by atoms with E-state index in [1.807, 2.05) is 0 Å². The Morgan fingerprint density at radius 2 is 1.67 bits per heavy atom. The van der Waals surface area contributed by atoms with Gasteiger partial charge in [-0.2, -0.15) is 0 Å². The predicted octanol–water partition coefficient (Wildman–Crippen LogP) is 4.65. The van der Waals surface area contributed by atoms with Crippen LogP contribution in [0, 0.1) is 0 Å². The van der Waals surface area contributed by atoms with Crippen LogP contribution in [0.2, 0.25) is 10.0 Å². The number of hydrogen-bond donors (Lipinski definition) is 2. The van der Waals surface area contributed by atoms with Crippen LogP contribution in [0.5, 0.6) is 11.5 Å². The number of carbonyl (C=O) groups excluding carboxylic acids is 3. The van der Waals surface area contributed by atoms with Crippen LogP contribution in [0.4, 0.5) is 11.4 Å². The summed E-state index contributed by atoms with van der Waals surface area (Å²) in [7, 11) is 2.79. The van der Waals surface area contributed by atoms with Crippen LogP contribution < -0.4 is 20.1 Å². The Morgan fingerprint density at radius 3 is 2.33 bits per heavy atom. The lowest BCUT2D eigenvalue weighted by Crippen LogP contribution is -2.22. The molecule has 9 nitrogen and oxygen atoms in total. The first-order chi connectivity index (χ1) is 15.8. The monoisotopic (exact) mass is 492 g/mol. The molecule has 2 amide bonds. The second kappa shape index (κ2) is 10.8. The van der Waals surface area contributed by atoms with Crippen molar-refractivity contribution in [1.29, 1.82) is 0 Å². The Hall–Kier alpha value is -3.69. The Bertz CT molecular complexity index is 1180. The van der Waals surface area contributed by atoms with Gasteiger partial charge < -0.3 is 29.3 Å². The molecule has 11 heteroatoms. The molecule has 0 fully saturated rings. The molecule has 0 saturated heterocycles. The molecule has 1 aromatic heterocycles. The van der Waals surface area contributed by atoms with Crippen LogP contribution in [0.3, 0.4) is 0 Å². The Balaban J connectivity index is 1.78. The summed E-state index contributed by atoms with van der Waals surface area (Å²) >= 11 is 12.0. The number of esters is 1. The van der Waals surface area contributed by atoms with E-state index in [1.54, 1.807) is 24.3 Å². The van der Waals surface area contributed by atoms with Crippen molar-refractivity contribution in [2.45, 2.75) is 0 Å². The summed E-state index contributed by atoms with van der Waals surface area (Å²) in [6.07, 6.45) is 1.34. The van der Waals surface area contributed by atoms with E-state index in [-0.39, 0.29) is 44.2 Å². The highest BCUT2D eigenvalue weighted by atomic mass is 35.5. The SMILES string of the molecule is COc1cc(NC(=O)c2ccco2)c(C(=O)OCC(=O)Nc2cccc(Cl)c2Cl)cc1OC. The van der Waals surface area contributed by atoms with Crippen molar-refractivity contribution in [3.8, 4) is 11.5 Å². The molecule has 0 radical (unpaired) electrons. The molecule has 0 unspecified atom stereocenters. The fourth-order valence-corrected chi connectivity index (χ4v) is 3.09. The van der Waals surface area contributed by atoms with Gasteiger partial charge in [-0.25, -0.2) is 4.79 Å². The molecular weight excluding hydrogens is 475 g/mol. The molecule has 172 valence electrons. The number of benzene rings is 2. The highest BCUT2D eigenvalue weighted by Crippen LogP contribution is 2.34. The third-order valence-corrected chi connectivity index (χ3v) is 5.12. The molecule has 0 atom stereocenters. The highest BCUT2D eigenvalue weighted by molar-refractivity contribution is 6.44. The molecule has 0 aliphatic rings. The van der Waals surface area contributed by atoms with Gasteiger partial charge in [-0.3, -0.25) is 9.59 Å². The van der Waals surface area contributed by atoms with Crippen molar-refractivity contribution in [3.63, 3.8) is 0 Å². The number of hydrogen-bond acceptors (Lipinski definition) is 7. The molecule has 0 bridgehead atoms. The fourth-order valence-electron chi connectivity index (χ4n) is 2.74. The number of rotatable bonds is 8. The second-order valence-corrected chi connectivity index (χ2v) is 7.20. The Labute approximate surface area is 198 Å². The average molecular weight is 493 g/mol. The first-order valence-electron chi connectivity index (χ1n) is 9.36. The topological polar surface area (TPSA) is 116 Å². The molecule has 3 rings (SSSR count). The third-order valence-electron chi connectivity index (χ3n) is 4.30. The first-order valence-corrected chi connectivity index (χ1v) is 10.1. The van der Waals surface area contributed by atoms with Gasteiger partial charge in [-0.15, -0.1) is 0 Å². The summed E-state index contributed by atoms with van der Waals surface area (Å²) in [5.41, 5.74) is 0.265. The largest absolute Gasteiger partial charge is 0.493 e. The minimum atomic E-state index is -0.891. The summed E-state index contributed by atoms with van der Waals surface area (Å²) < 4.78 is 20.6. The summed E-state index contributed by atoms with van der Waals surface area (Å²) in [6.45, 7) is -0.623. The maximum absolute atomic E-state index is 12.8. The molecule has 0 aliphatic carbocycles. The number of halogens is 2. The van der Waals surface area contributed by atoms with Gasteiger partial charge >= 0.3 is 5.97 Å². The van der Waals surface area contributed by atoms with E-state index in [1.165, 1.54) is 38.7 Å². The Kier molecular flexibility index (Phi) is 7.81. The van der Waals surface area contributed by atoms with Crippen molar-refractivity contribution in [3.05, 3.63) is 70.1 Å². The van der Waals surface area contributed by atoms with Crippen LogP contribution in [0.1, 0.15) is 20.9 Å². The van der Waals surface area contributed by atoms with E-state index in [2.05, 4.69) is 10.6 Å². The zero-order valence-electron chi connectivity index (χ0n) is 17.4. The predicted molar refractivity (Wildman–Crippen MR) is 122 cm³/mol. The van der Waals surface area contributed by atoms with Gasteiger partial charge in [0, 0.05) is 12.1 Å². The molecule has 0 aliphatic heterocycles. The van der Waals surface area contributed by atoms with E-state index in [4.69, 9.17) is 41.8 Å².